The third-order valence-corrected chi connectivity index (χ3v) is 3.78. The van der Waals surface area contributed by atoms with Crippen molar-refractivity contribution >= 4 is 0 Å². The van der Waals surface area contributed by atoms with Crippen LogP contribution in [0.5, 0.6) is 0 Å². The summed E-state index contributed by atoms with van der Waals surface area (Å²) < 4.78 is 5.87. The Morgan fingerprint density at radius 2 is 2.31 bits per heavy atom. The summed E-state index contributed by atoms with van der Waals surface area (Å²) in [7, 11) is 0. The number of hydrogen-bond acceptors (Lipinski definition) is 2. The van der Waals surface area contributed by atoms with Crippen molar-refractivity contribution in [2.45, 2.75) is 44.6 Å². The maximum absolute atomic E-state index is 9.44. The van der Waals surface area contributed by atoms with Gasteiger partial charge in [-0.2, -0.15) is 0 Å². The normalized spacial score (nSPS) is 42.9. The van der Waals surface area contributed by atoms with Gasteiger partial charge in [0.15, 0.2) is 0 Å². The SMILES string of the molecule is CCCOC1(CO)CC2CCC1C2. The molecular weight excluding hydrogens is 164 g/mol. The number of aliphatic hydroxyl groups is 1. The second-order valence-electron chi connectivity index (χ2n) is 4.65. The van der Waals surface area contributed by atoms with E-state index in [-0.39, 0.29) is 12.2 Å². The van der Waals surface area contributed by atoms with E-state index in [9.17, 15) is 5.11 Å². The molecule has 0 amide bonds. The van der Waals surface area contributed by atoms with Gasteiger partial charge in [-0.25, -0.2) is 0 Å². The molecule has 0 radical (unpaired) electrons. The predicted octanol–water partition coefficient (Wildman–Crippen LogP) is 1.96. The monoisotopic (exact) mass is 184 g/mol. The summed E-state index contributed by atoms with van der Waals surface area (Å²) >= 11 is 0. The minimum absolute atomic E-state index is 0.140. The van der Waals surface area contributed by atoms with Gasteiger partial charge in [0.25, 0.3) is 0 Å². The van der Waals surface area contributed by atoms with Crippen molar-refractivity contribution in [2.24, 2.45) is 11.8 Å². The molecule has 2 nitrogen and oxygen atoms in total. The second kappa shape index (κ2) is 3.58. The molecule has 2 heteroatoms. The average Bonchev–Trinajstić information content (AvgIpc) is 2.74. The third-order valence-electron chi connectivity index (χ3n) is 3.78. The van der Waals surface area contributed by atoms with Crippen LogP contribution >= 0.6 is 0 Å². The first-order valence-corrected chi connectivity index (χ1v) is 5.55. The molecule has 0 aromatic rings. The van der Waals surface area contributed by atoms with Gasteiger partial charge in [0, 0.05) is 6.61 Å². The second-order valence-corrected chi connectivity index (χ2v) is 4.65. The molecule has 2 bridgehead atoms. The van der Waals surface area contributed by atoms with Gasteiger partial charge in [-0.15, -0.1) is 0 Å². The number of hydrogen-bond donors (Lipinski definition) is 1. The van der Waals surface area contributed by atoms with Crippen LogP contribution in [0.1, 0.15) is 39.0 Å². The smallest absolute Gasteiger partial charge is 0.0942 e. The van der Waals surface area contributed by atoms with Crippen LogP contribution in [0, 0.1) is 11.8 Å². The average molecular weight is 184 g/mol. The first-order valence-electron chi connectivity index (χ1n) is 5.55. The number of fused-ring (bicyclic) bond motifs is 2. The Bertz CT molecular complexity index is 181. The van der Waals surface area contributed by atoms with Gasteiger partial charge in [-0.1, -0.05) is 6.92 Å². The van der Waals surface area contributed by atoms with Gasteiger partial charge in [-0.3, -0.25) is 0 Å². The van der Waals surface area contributed by atoms with E-state index < -0.39 is 0 Å². The van der Waals surface area contributed by atoms with Crippen molar-refractivity contribution in [2.75, 3.05) is 13.2 Å². The molecule has 0 spiro atoms. The Kier molecular flexibility index (Phi) is 2.61. The Morgan fingerprint density at radius 1 is 1.46 bits per heavy atom. The van der Waals surface area contributed by atoms with Crippen LogP contribution < -0.4 is 0 Å². The predicted molar refractivity (Wildman–Crippen MR) is 51.5 cm³/mol. The maximum Gasteiger partial charge on any atom is 0.0942 e. The summed E-state index contributed by atoms with van der Waals surface area (Å²) in [5, 5.41) is 9.44. The van der Waals surface area contributed by atoms with Crippen molar-refractivity contribution in [3.63, 3.8) is 0 Å². The fourth-order valence-electron chi connectivity index (χ4n) is 3.11. The lowest BCUT2D eigenvalue weighted by Crippen LogP contribution is -2.42. The van der Waals surface area contributed by atoms with Gasteiger partial charge in [0.05, 0.1) is 12.2 Å². The highest BCUT2D eigenvalue weighted by atomic mass is 16.5. The van der Waals surface area contributed by atoms with E-state index in [1.807, 2.05) is 0 Å². The van der Waals surface area contributed by atoms with Crippen molar-refractivity contribution < 1.29 is 9.84 Å². The quantitative estimate of drug-likeness (QED) is 0.723. The number of aliphatic hydroxyl groups excluding tert-OH is 1. The van der Waals surface area contributed by atoms with Crippen LogP contribution in [0.15, 0.2) is 0 Å². The van der Waals surface area contributed by atoms with Gasteiger partial charge in [-0.05, 0) is 43.9 Å². The summed E-state index contributed by atoms with van der Waals surface area (Å²) in [6.45, 7) is 3.16. The molecule has 13 heavy (non-hydrogen) atoms. The van der Waals surface area contributed by atoms with Crippen LogP contribution in [0.2, 0.25) is 0 Å². The van der Waals surface area contributed by atoms with Gasteiger partial charge < -0.3 is 9.84 Å². The molecule has 2 aliphatic carbocycles. The number of ether oxygens (including phenoxy) is 1. The van der Waals surface area contributed by atoms with Crippen molar-refractivity contribution in [1.82, 2.24) is 0 Å². The molecule has 0 heterocycles. The third kappa shape index (κ3) is 1.50. The highest BCUT2D eigenvalue weighted by molar-refractivity contribution is 5.02. The van der Waals surface area contributed by atoms with Crippen LogP contribution in [-0.4, -0.2) is 23.9 Å². The van der Waals surface area contributed by atoms with Crippen LogP contribution in [0.4, 0.5) is 0 Å². The van der Waals surface area contributed by atoms with Crippen molar-refractivity contribution in [3.05, 3.63) is 0 Å². The van der Waals surface area contributed by atoms with E-state index in [4.69, 9.17) is 4.74 Å². The number of rotatable bonds is 4. The largest absolute Gasteiger partial charge is 0.393 e. The molecule has 0 aromatic carbocycles. The summed E-state index contributed by atoms with van der Waals surface area (Å²) in [4.78, 5) is 0. The van der Waals surface area contributed by atoms with Crippen LogP contribution in [-0.2, 0) is 4.74 Å². The summed E-state index contributed by atoms with van der Waals surface area (Å²) in [5.41, 5.74) is -0.140. The van der Waals surface area contributed by atoms with E-state index in [0.29, 0.717) is 5.92 Å². The van der Waals surface area contributed by atoms with E-state index in [0.717, 1.165) is 25.4 Å². The minimum Gasteiger partial charge on any atom is -0.393 e. The minimum atomic E-state index is -0.140. The standard InChI is InChI=1S/C11H20O2/c1-2-5-13-11(8-12)7-9-3-4-10(11)6-9/h9-10,12H,2-8H2,1H3. The zero-order chi connectivity index (χ0) is 9.31. The molecule has 0 aromatic heterocycles. The van der Waals surface area contributed by atoms with Gasteiger partial charge >= 0.3 is 0 Å². The lowest BCUT2D eigenvalue weighted by atomic mass is 9.84. The Morgan fingerprint density at radius 3 is 2.77 bits per heavy atom. The highest BCUT2D eigenvalue weighted by Gasteiger charge is 2.51. The molecule has 0 saturated heterocycles. The van der Waals surface area contributed by atoms with Crippen molar-refractivity contribution in [3.8, 4) is 0 Å². The molecule has 2 saturated carbocycles. The van der Waals surface area contributed by atoms with Crippen LogP contribution in [0.25, 0.3) is 0 Å². The Balaban J connectivity index is 1.99. The van der Waals surface area contributed by atoms with E-state index >= 15 is 0 Å². The zero-order valence-corrected chi connectivity index (χ0v) is 8.46. The van der Waals surface area contributed by atoms with Crippen molar-refractivity contribution in [1.29, 1.82) is 0 Å². The summed E-state index contributed by atoms with van der Waals surface area (Å²) in [5.74, 6) is 1.49. The molecule has 2 rings (SSSR count). The molecule has 2 aliphatic rings. The van der Waals surface area contributed by atoms with E-state index in [2.05, 4.69) is 6.92 Å². The maximum atomic E-state index is 9.44. The molecule has 1 N–H and O–H groups in total. The topological polar surface area (TPSA) is 29.5 Å². The van der Waals surface area contributed by atoms with Crippen LogP contribution in [0.3, 0.4) is 0 Å². The Labute approximate surface area is 80.3 Å². The fraction of sp³-hybridized carbons (Fsp3) is 1.00. The first kappa shape index (κ1) is 9.47. The van der Waals surface area contributed by atoms with Gasteiger partial charge in [0.1, 0.15) is 0 Å². The molecule has 3 unspecified atom stereocenters. The fourth-order valence-corrected chi connectivity index (χ4v) is 3.11. The first-order chi connectivity index (χ1) is 6.30. The molecular formula is C11H20O2. The molecule has 76 valence electrons. The lowest BCUT2D eigenvalue weighted by Gasteiger charge is -2.36. The van der Waals surface area contributed by atoms with E-state index in [1.54, 1.807) is 0 Å². The summed E-state index contributed by atoms with van der Waals surface area (Å²) in [6.07, 6.45) is 6.09. The lowest BCUT2D eigenvalue weighted by molar-refractivity contribution is -0.113. The molecule has 2 fully saturated rings. The molecule has 0 aliphatic heterocycles. The van der Waals surface area contributed by atoms with Gasteiger partial charge in [0.2, 0.25) is 0 Å². The Hall–Kier alpha value is -0.0800. The summed E-state index contributed by atoms with van der Waals surface area (Å²) in [6, 6.07) is 0. The molecule has 3 atom stereocenters. The highest BCUT2D eigenvalue weighted by Crippen LogP contribution is 2.52. The van der Waals surface area contributed by atoms with E-state index in [1.165, 1.54) is 19.3 Å². The zero-order valence-electron chi connectivity index (χ0n) is 8.46.